The van der Waals surface area contributed by atoms with Crippen LogP contribution in [0.3, 0.4) is 0 Å². The minimum absolute atomic E-state index is 0.149. The Morgan fingerprint density at radius 2 is 1.92 bits per heavy atom. The summed E-state index contributed by atoms with van der Waals surface area (Å²) < 4.78 is 5.15. The Morgan fingerprint density at radius 3 is 2.33 bits per heavy atom. The Labute approximate surface area is 75.3 Å². The van der Waals surface area contributed by atoms with Gasteiger partial charge in [0.2, 0.25) is 0 Å². The van der Waals surface area contributed by atoms with Gasteiger partial charge in [-0.05, 0) is 12.8 Å². The van der Waals surface area contributed by atoms with Crippen molar-refractivity contribution < 1.29 is 9.53 Å². The second kappa shape index (κ2) is 7.14. The molecular weight excluding hydrogens is 152 g/mol. The van der Waals surface area contributed by atoms with Crippen molar-refractivity contribution >= 4 is 5.97 Å². The van der Waals surface area contributed by atoms with Gasteiger partial charge in [0.1, 0.15) is 6.10 Å². The van der Waals surface area contributed by atoms with Crippen LogP contribution in [0.15, 0.2) is 0 Å². The highest BCUT2D eigenvalue weighted by Gasteiger charge is 2.09. The van der Waals surface area contributed by atoms with Crippen molar-refractivity contribution in [3.05, 3.63) is 0 Å². The Balaban J connectivity index is 3.61. The zero-order valence-corrected chi connectivity index (χ0v) is 8.43. The molecule has 0 heterocycles. The lowest BCUT2D eigenvalue weighted by molar-refractivity contribution is -0.147. The molecule has 0 aliphatic carbocycles. The first kappa shape index (κ1) is 11.5. The van der Waals surface area contributed by atoms with Gasteiger partial charge in [-0.1, -0.05) is 33.1 Å². The monoisotopic (exact) mass is 172 g/mol. The van der Waals surface area contributed by atoms with Gasteiger partial charge in [0.05, 0.1) is 0 Å². The molecule has 2 heteroatoms. The Hall–Kier alpha value is -0.530. The third kappa shape index (κ3) is 6.20. The Bertz CT molecular complexity index is 121. The minimum Gasteiger partial charge on any atom is -0.463 e. The molecule has 0 saturated heterocycles. The maximum atomic E-state index is 10.7. The van der Waals surface area contributed by atoms with Gasteiger partial charge in [-0.2, -0.15) is 0 Å². The zero-order chi connectivity index (χ0) is 9.40. The number of esters is 1. The molecule has 1 unspecified atom stereocenters. The van der Waals surface area contributed by atoms with Gasteiger partial charge in [0, 0.05) is 6.92 Å². The summed E-state index contributed by atoms with van der Waals surface area (Å²) in [4.78, 5) is 10.7. The summed E-state index contributed by atoms with van der Waals surface area (Å²) in [6.45, 7) is 5.74. The lowest BCUT2D eigenvalue weighted by Crippen LogP contribution is -2.15. The molecule has 0 rings (SSSR count). The molecule has 0 spiro atoms. The number of unbranched alkanes of at least 4 members (excludes halogenated alkanes) is 1. The molecule has 0 bridgehead atoms. The van der Waals surface area contributed by atoms with Crippen LogP contribution in [-0.2, 0) is 9.53 Å². The molecule has 1 atom stereocenters. The zero-order valence-electron chi connectivity index (χ0n) is 8.43. The number of hydrogen-bond donors (Lipinski definition) is 0. The number of carbonyl (C=O) groups is 1. The lowest BCUT2D eigenvalue weighted by atomic mass is 10.1. The van der Waals surface area contributed by atoms with E-state index in [2.05, 4.69) is 13.8 Å². The van der Waals surface area contributed by atoms with Crippen LogP contribution >= 0.6 is 0 Å². The molecule has 0 aromatic carbocycles. The van der Waals surface area contributed by atoms with E-state index in [-0.39, 0.29) is 12.1 Å². The maximum Gasteiger partial charge on any atom is 0.302 e. The fourth-order valence-electron chi connectivity index (χ4n) is 1.25. The molecule has 0 N–H and O–H groups in total. The number of ether oxygens (including phenoxy) is 1. The predicted molar refractivity (Wildman–Crippen MR) is 50.0 cm³/mol. The van der Waals surface area contributed by atoms with E-state index in [0.29, 0.717) is 0 Å². The first-order chi connectivity index (χ1) is 5.70. The van der Waals surface area contributed by atoms with Crippen molar-refractivity contribution in [2.75, 3.05) is 0 Å². The SMILES string of the molecule is CCCCC(CCC)OC(C)=O. The molecule has 0 saturated carbocycles. The van der Waals surface area contributed by atoms with E-state index in [1.54, 1.807) is 0 Å². The van der Waals surface area contributed by atoms with Crippen molar-refractivity contribution in [1.29, 1.82) is 0 Å². The largest absolute Gasteiger partial charge is 0.463 e. The third-order valence-corrected chi connectivity index (χ3v) is 1.82. The molecule has 0 aromatic rings. The topological polar surface area (TPSA) is 26.3 Å². The van der Waals surface area contributed by atoms with E-state index in [9.17, 15) is 4.79 Å². The highest BCUT2D eigenvalue weighted by molar-refractivity contribution is 5.66. The second-order valence-electron chi connectivity index (χ2n) is 3.16. The average Bonchev–Trinajstić information content (AvgIpc) is 2.00. The molecule has 0 aliphatic heterocycles. The van der Waals surface area contributed by atoms with Gasteiger partial charge in [-0.3, -0.25) is 4.79 Å². The van der Waals surface area contributed by atoms with Crippen molar-refractivity contribution in [3.8, 4) is 0 Å². The highest BCUT2D eigenvalue weighted by Crippen LogP contribution is 2.10. The van der Waals surface area contributed by atoms with Gasteiger partial charge in [-0.25, -0.2) is 0 Å². The second-order valence-corrected chi connectivity index (χ2v) is 3.16. The van der Waals surface area contributed by atoms with E-state index in [1.807, 2.05) is 0 Å². The van der Waals surface area contributed by atoms with Gasteiger partial charge < -0.3 is 4.74 Å². The van der Waals surface area contributed by atoms with Crippen LogP contribution in [-0.4, -0.2) is 12.1 Å². The molecule has 12 heavy (non-hydrogen) atoms. The number of carbonyl (C=O) groups excluding carboxylic acids is 1. The first-order valence-electron chi connectivity index (χ1n) is 4.87. The summed E-state index contributed by atoms with van der Waals surface area (Å²) in [5, 5.41) is 0. The van der Waals surface area contributed by atoms with Gasteiger partial charge in [0.25, 0.3) is 0 Å². The van der Waals surface area contributed by atoms with Crippen LogP contribution in [0.2, 0.25) is 0 Å². The molecule has 2 nitrogen and oxygen atoms in total. The summed E-state index contributed by atoms with van der Waals surface area (Å²) in [6.07, 6.45) is 5.58. The molecule has 72 valence electrons. The summed E-state index contributed by atoms with van der Waals surface area (Å²) in [6, 6.07) is 0. The Kier molecular flexibility index (Phi) is 6.82. The predicted octanol–water partition coefficient (Wildman–Crippen LogP) is 2.91. The van der Waals surface area contributed by atoms with Crippen LogP contribution in [0.1, 0.15) is 52.9 Å². The van der Waals surface area contributed by atoms with Gasteiger partial charge in [0.15, 0.2) is 0 Å². The fraction of sp³-hybridized carbons (Fsp3) is 0.900. The van der Waals surface area contributed by atoms with Crippen LogP contribution in [0.5, 0.6) is 0 Å². The molecule has 0 aliphatic rings. The van der Waals surface area contributed by atoms with Crippen molar-refractivity contribution in [2.24, 2.45) is 0 Å². The van der Waals surface area contributed by atoms with Crippen LogP contribution in [0.25, 0.3) is 0 Å². The summed E-state index contributed by atoms with van der Waals surface area (Å²) in [7, 11) is 0. The molecule has 0 radical (unpaired) electrons. The van der Waals surface area contributed by atoms with E-state index >= 15 is 0 Å². The smallest absolute Gasteiger partial charge is 0.302 e. The van der Waals surface area contributed by atoms with Crippen LogP contribution in [0.4, 0.5) is 0 Å². The van der Waals surface area contributed by atoms with E-state index in [0.717, 1.165) is 25.7 Å². The lowest BCUT2D eigenvalue weighted by Gasteiger charge is -2.15. The van der Waals surface area contributed by atoms with Crippen LogP contribution < -0.4 is 0 Å². The van der Waals surface area contributed by atoms with Crippen molar-refractivity contribution in [1.82, 2.24) is 0 Å². The summed E-state index contributed by atoms with van der Waals surface area (Å²) >= 11 is 0. The fourth-order valence-corrected chi connectivity index (χ4v) is 1.25. The standard InChI is InChI=1S/C10H20O2/c1-4-6-8-10(7-5-2)12-9(3)11/h10H,4-8H2,1-3H3. The van der Waals surface area contributed by atoms with Gasteiger partial charge in [-0.15, -0.1) is 0 Å². The Morgan fingerprint density at radius 1 is 1.25 bits per heavy atom. The van der Waals surface area contributed by atoms with Crippen LogP contribution in [0, 0.1) is 0 Å². The highest BCUT2D eigenvalue weighted by atomic mass is 16.5. The molecule has 0 amide bonds. The first-order valence-corrected chi connectivity index (χ1v) is 4.87. The van der Waals surface area contributed by atoms with Crippen molar-refractivity contribution in [3.63, 3.8) is 0 Å². The normalized spacial score (nSPS) is 12.6. The summed E-state index contributed by atoms with van der Waals surface area (Å²) in [5.41, 5.74) is 0. The van der Waals surface area contributed by atoms with E-state index in [4.69, 9.17) is 4.74 Å². The minimum atomic E-state index is -0.149. The van der Waals surface area contributed by atoms with Crippen molar-refractivity contribution in [2.45, 2.75) is 59.0 Å². The maximum absolute atomic E-state index is 10.7. The quantitative estimate of drug-likeness (QED) is 0.576. The van der Waals surface area contributed by atoms with E-state index in [1.165, 1.54) is 13.3 Å². The molecule has 0 fully saturated rings. The number of hydrogen-bond acceptors (Lipinski definition) is 2. The van der Waals surface area contributed by atoms with Gasteiger partial charge >= 0.3 is 5.97 Å². The molecule has 0 aromatic heterocycles. The molecular formula is C10H20O2. The average molecular weight is 172 g/mol. The summed E-state index contributed by atoms with van der Waals surface area (Å²) in [5.74, 6) is -0.149. The third-order valence-electron chi connectivity index (χ3n) is 1.82. The van der Waals surface area contributed by atoms with E-state index < -0.39 is 0 Å². The number of rotatable bonds is 6.